The molecule has 2 unspecified atom stereocenters. The first-order valence-corrected chi connectivity index (χ1v) is 13.9. The number of hydrogen-bond donors (Lipinski definition) is 4. The van der Waals surface area contributed by atoms with Gasteiger partial charge in [-0.05, 0) is 30.0 Å². The summed E-state index contributed by atoms with van der Waals surface area (Å²) in [5, 5.41) is 27.1. The molecule has 2 aromatic carbocycles. The minimum absolute atomic E-state index is 0.0138. The lowest BCUT2D eigenvalue weighted by Gasteiger charge is -2.29. The number of hydrogen-bond acceptors (Lipinski definition) is 8. The summed E-state index contributed by atoms with van der Waals surface area (Å²) < 4.78 is 28.8. The number of amides is 1. The molecule has 1 aliphatic rings. The number of sulfonamides is 1. The number of aromatic nitrogens is 1. The van der Waals surface area contributed by atoms with Crippen molar-refractivity contribution in [1.82, 2.24) is 15.0 Å². The Morgan fingerprint density at radius 3 is 2.55 bits per heavy atom. The first-order chi connectivity index (χ1) is 18.1. The Labute approximate surface area is 222 Å². The molecular weight excluding hydrogens is 507 g/mol. The Kier molecular flexibility index (Phi) is 8.46. The van der Waals surface area contributed by atoms with Gasteiger partial charge in [-0.1, -0.05) is 67.5 Å². The van der Waals surface area contributed by atoms with Crippen molar-refractivity contribution in [2.24, 2.45) is 11.1 Å². The smallest absolute Gasteiger partial charge is 0.426 e. The number of carbonyl (C=O) groups excluding carboxylic acids is 1. The third-order valence-electron chi connectivity index (χ3n) is 6.34. The van der Waals surface area contributed by atoms with Crippen molar-refractivity contribution in [1.29, 1.82) is 0 Å². The average Bonchev–Trinajstić information content (AvgIpc) is 3.31. The van der Waals surface area contributed by atoms with Crippen LogP contribution in [0.5, 0.6) is 0 Å². The summed E-state index contributed by atoms with van der Waals surface area (Å²) in [6.07, 6.45) is 2.04. The zero-order chi connectivity index (χ0) is 27.3. The summed E-state index contributed by atoms with van der Waals surface area (Å²) >= 11 is 0. The molecule has 4 N–H and O–H groups in total. The first-order valence-electron chi connectivity index (χ1n) is 12.4. The van der Waals surface area contributed by atoms with Crippen LogP contribution in [-0.4, -0.2) is 60.3 Å². The van der Waals surface area contributed by atoms with Crippen LogP contribution in [0.15, 0.2) is 76.9 Å². The Morgan fingerprint density at radius 2 is 1.84 bits per heavy atom. The van der Waals surface area contributed by atoms with E-state index in [0.29, 0.717) is 23.0 Å². The number of fused-ring (bicyclic) bond motifs is 1. The van der Waals surface area contributed by atoms with E-state index in [2.05, 4.69) is 20.2 Å². The van der Waals surface area contributed by atoms with Crippen LogP contribution in [0.3, 0.4) is 0 Å². The van der Waals surface area contributed by atoms with E-state index in [1.54, 1.807) is 24.3 Å². The van der Waals surface area contributed by atoms with Gasteiger partial charge in [-0.2, -0.15) is 0 Å². The number of benzene rings is 2. The van der Waals surface area contributed by atoms with Crippen molar-refractivity contribution in [3.8, 4) is 0 Å². The van der Waals surface area contributed by atoms with Crippen molar-refractivity contribution in [3.63, 3.8) is 0 Å². The molecule has 2 heterocycles. The molecule has 0 saturated carbocycles. The molecule has 10 nitrogen and oxygen atoms in total. The van der Waals surface area contributed by atoms with Crippen LogP contribution in [0, 0.1) is 5.92 Å². The van der Waals surface area contributed by atoms with E-state index in [9.17, 15) is 23.3 Å². The first kappa shape index (κ1) is 27.7. The highest BCUT2D eigenvalue weighted by molar-refractivity contribution is 7.89. The molecular formula is C26H31BN4O6S. The van der Waals surface area contributed by atoms with E-state index in [1.165, 1.54) is 12.3 Å². The van der Waals surface area contributed by atoms with E-state index >= 15 is 0 Å². The van der Waals surface area contributed by atoms with Crippen molar-refractivity contribution in [2.45, 2.75) is 49.5 Å². The van der Waals surface area contributed by atoms with Crippen LogP contribution < -0.4 is 10.0 Å². The maximum absolute atomic E-state index is 13.5. The highest BCUT2D eigenvalue weighted by atomic mass is 32.2. The summed E-state index contributed by atoms with van der Waals surface area (Å²) in [5.74, 6) is -1.36. The van der Waals surface area contributed by atoms with E-state index < -0.39 is 34.6 Å². The molecule has 4 rings (SSSR count). The third-order valence-corrected chi connectivity index (χ3v) is 7.77. The second kappa shape index (κ2) is 11.6. The third kappa shape index (κ3) is 6.39. The molecule has 0 radical (unpaired) electrons. The monoisotopic (exact) mass is 538 g/mol. The number of oxime groups is 1. The quantitative estimate of drug-likeness (QED) is 0.272. The molecule has 0 bridgehead atoms. The van der Waals surface area contributed by atoms with Crippen LogP contribution in [0.4, 0.5) is 0 Å². The fourth-order valence-corrected chi connectivity index (χ4v) is 5.67. The molecule has 0 saturated heterocycles. The SMILES string of the molecule is CC(C)CC(NC(=O)C1(Cc2ccccc2)CC(CNS(=O)(=O)c2cccc3cccnc23)=NO1)B(O)O. The molecule has 38 heavy (non-hydrogen) atoms. The number of rotatable bonds is 11. The number of nitrogens with zero attached hydrogens (tertiary/aromatic N) is 2. The predicted molar refractivity (Wildman–Crippen MR) is 145 cm³/mol. The highest BCUT2D eigenvalue weighted by Crippen LogP contribution is 2.30. The van der Waals surface area contributed by atoms with Gasteiger partial charge in [-0.15, -0.1) is 0 Å². The van der Waals surface area contributed by atoms with Crippen LogP contribution in [0.2, 0.25) is 0 Å². The fraction of sp³-hybridized carbons (Fsp3) is 0.346. The van der Waals surface area contributed by atoms with Gasteiger partial charge >= 0.3 is 7.12 Å². The Morgan fingerprint density at radius 1 is 1.11 bits per heavy atom. The summed E-state index contributed by atoms with van der Waals surface area (Å²) in [5.41, 5.74) is 0.0145. The molecule has 12 heteroatoms. The van der Waals surface area contributed by atoms with Crippen LogP contribution in [-0.2, 0) is 26.1 Å². The van der Waals surface area contributed by atoms with Gasteiger partial charge in [-0.3, -0.25) is 9.78 Å². The minimum Gasteiger partial charge on any atom is -0.426 e. The van der Waals surface area contributed by atoms with Gasteiger partial charge in [0.05, 0.1) is 23.7 Å². The molecule has 0 fully saturated rings. The number of carbonyl (C=O) groups is 1. The zero-order valence-electron chi connectivity index (χ0n) is 21.2. The number of nitrogens with one attached hydrogen (secondary N) is 2. The van der Waals surface area contributed by atoms with Gasteiger partial charge in [0.25, 0.3) is 5.91 Å². The lowest BCUT2D eigenvalue weighted by Crippen LogP contribution is -2.56. The van der Waals surface area contributed by atoms with E-state index in [1.807, 2.05) is 44.2 Å². The number of pyridine rings is 1. The summed E-state index contributed by atoms with van der Waals surface area (Å²) in [4.78, 5) is 23.5. The Balaban J connectivity index is 1.52. The van der Waals surface area contributed by atoms with Gasteiger partial charge < -0.3 is 20.2 Å². The summed E-state index contributed by atoms with van der Waals surface area (Å²) in [6.45, 7) is 3.64. The fourth-order valence-electron chi connectivity index (χ4n) is 4.48. The molecule has 1 amide bonds. The zero-order valence-corrected chi connectivity index (χ0v) is 22.1. The summed E-state index contributed by atoms with van der Waals surface area (Å²) in [6, 6.07) is 17.6. The lowest BCUT2D eigenvalue weighted by molar-refractivity contribution is -0.144. The van der Waals surface area contributed by atoms with Crippen LogP contribution in [0.1, 0.15) is 32.3 Å². The van der Waals surface area contributed by atoms with Crippen molar-refractivity contribution in [3.05, 3.63) is 72.4 Å². The van der Waals surface area contributed by atoms with Crippen LogP contribution >= 0.6 is 0 Å². The molecule has 2 atom stereocenters. The van der Waals surface area contributed by atoms with Crippen LogP contribution in [0.25, 0.3) is 10.9 Å². The summed E-state index contributed by atoms with van der Waals surface area (Å²) in [7, 11) is -5.70. The largest absolute Gasteiger partial charge is 0.475 e. The molecule has 1 aromatic heterocycles. The Bertz CT molecular complexity index is 1410. The maximum atomic E-state index is 13.5. The van der Waals surface area contributed by atoms with Gasteiger partial charge in [-0.25, -0.2) is 13.1 Å². The second-order valence-electron chi connectivity index (χ2n) is 9.86. The van der Waals surface area contributed by atoms with Gasteiger partial charge in [0.15, 0.2) is 0 Å². The molecule has 3 aromatic rings. The van der Waals surface area contributed by atoms with Crippen molar-refractivity contribution in [2.75, 3.05) is 6.54 Å². The predicted octanol–water partition coefficient (Wildman–Crippen LogP) is 1.81. The van der Waals surface area contributed by atoms with Crippen molar-refractivity contribution >= 4 is 39.7 Å². The molecule has 200 valence electrons. The van der Waals surface area contributed by atoms with Crippen molar-refractivity contribution < 1.29 is 28.1 Å². The van der Waals surface area contributed by atoms with Gasteiger partial charge in [0, 0.05) is 24.4 Å². The Hall–Kier alpha value is -3.32. The number of para-hydroxylation sites is 1. The molecule has 0 spiro atoms. The topological polar surface area (TPSA) is 150 Å². The van der Waals surface area contributed by atoms with Gasteiger partial charge in [0.2, 0.25) is 15.6 Å². The second-order valence-corrected chi connectivity index (χ2v) is 11.6. The van der Waals surface area contributed by atoms with E-state index in [4.69, 9.17) is 4.84 Å². The molecule has 1 aliphatic heterocycles. The van der Waals surface area contributed by atoms with E-state index in [-0.39, 0.29) is 30.2 Å². The minimum atomic E-state index is -3.95. The highest BCUT2D eigenvalue weighted by Gasteiger charge is 2.48. The standard InChI is InChI=1S/C26H31BN4O6S/c1-18(2)14-23(27(33)34)30-25(32)26(15-19-8-4-3-5-9-19)16-21(31-37-26)17-29-38(35,36)22-12-6-10-20-11-7-13-28-24(20)22/h3-13,18,23,29,33-34H,14-17H2,1-2H3,(H,30,32). The van der Waals surface area contributed by atoms with E-state index in [0.717, 1.165) is 5.56 Å². The average molecular weight is 538 g/mol. The maximum Gasteiger partial charge on any atom is 0.475 e. The van der Waals surface area contributed by atoms with Gasteiger partial charge in [0.1, 0.15) is 4.90 Å². The normalized spacial score (nSPS) is 18.2. The molecule has 0 aliphatic carbocycles. The lowest BCUT2D eigenvalue weighted by atomic mass is 9.74.